The molecule has 0 radical (unpaired) electrons. The third-order valence-corrected chi connectivity index (χ3v) is 4.36. The van der Waals surface area contributed by atoms with Gasteiger partial charge < -0.3 is 14.0 Å². The largest absolute Gasteiger partial charge is 0.461 e. The van der Waals surface area contributed by atoms with Crippen molar-refractivity contribution in [3.63, 3.8) is 0 Å². The van der Waals surface area contributed by atoms with Crippen LogP contribution in [0.5, 0.6) is 0 Å². The Hall–Kier alpha value is -0.0951. The summed E-state index contributed by atoms with van der Waals surface area (Å²) in [4.78, 5) is 2.59. The minimum Gasteiger partial charge on any atom is -0.414 e. The molecule has 0 amide bonds. The number of ether oxygens (including phenoxy) is 1. The highest BCUT2D eigenvalue weighted by Crippen LogP contribution is 2.34. The number of nitrogens with zero attached hydrogens (tertiary/aromatic N) is 1. The molecule has 2 rings (SSSR count). The van der Waals surface area contributed by atoms with E-state index in [1.807, 2.05) is 0 Å². The Balaban J connectivity index is 2.04. The molecule has 1 saturated heterocycles. The molecule has 0 aromatic rings. The lowest BCUT2D eigenvalue weighted by Crippen LogP contribution is -2.49. The Morgan fingerprint density at radius 3 is 2.33 bits per heavy atom. The van der Waals surface area contributed by atoms with Crippen molar-refractivity contribution in [1.29, 1.82) is 0 Å². The van der Waals surface area contributed by atoms with Crippen molar-refractivity contribution >= 4 is 7.12 Å². The second-order valence-electron chi connectivity index (χ2n) is 5.36. The molecule has 0 aromatic carbocycles. The molecule has 2 aliphatic rings. The zero-order valence-electron chi connectivity index (χ0n) is 11.8. The molecule has 4 nitrogen and oxygen atoms in total. The van der Waals surface area contributed by atoms with Gasteiger partial charge in [-0.3, -0.25) is 4.90 Å². The van der Waals surface area contributed by atoms with Crippen LogP contribution >= 0.6 is 0 Å². The fraction of sp³-hybridized carbons (Fsp3) is 1.00. The molecule has 2 fully saturated rings. The fourth-order valence-corrected chi connectivity index (χ4v) is 3.44. The van der Waals surface area contributed by atoms with Crippen LogP contribution in [0, 0.1) is 0 Å². The van der Waals surface area contributed by atoms with Crippen LogP contribution in [-0.2, 0) is 14.0 Å². The molecule has 18 heavy (non-hydrogen) atoms. The topological polar surface area (TPSA) is 30.9 Å². The number of rotatable bonds is 4. The van der Waals surface area contributed by atoms with Crippen LogP contribution in [0.25, 0.3) is 0 Å². The van der Waals surface area contributed by atoms with E-state index >= 15 is 0 Å². The first-order chi connectivity index (χ1) is 8.86. The van der Waals surface area contributed by atoms with Crippen LogP contribution in [0.15, 0.2) is 0 Å². The predicted molar refractivity (Wildman–Crippen MR) is 72.8 cm³/mol. The summed E-state index contributed by atoms with van der Waals surface area (Å²) in [7, 11) is 3.46. The van der Waals surface area contributed by atoms with Gasteiger partial charge in [0, 0.05) is 39.2 Å². The third-order valence-electron chi connectivity index (χ3n) is 4.36. The second-order valence-corrected chi connectivity index (χ2v) is 5.36. The van der Waals surface area contributed by atoms with Crippen molar-refractivity contribution < 1.29 is 14.0 Å². The molecule has 5 heteroatoms. The van der Waals surface area contributed by atoms with E-state index in [2.05, 4.69) is 4.90 Å². The van der Waals surface area contributed by atoms with Gasteiger partial charge in [-0.2, -0.15) is 0 Å². The molecule has 1 aliphatic heterocycles. The summed E-state index contributed by atoms with van der Waals surface area (Å²) in [6, 6.07) is 0.598. The fourth-order valence-electron chi connectivity index (χ4n) is 3.44. The van der Waals surface area contributed by atoms with E-state index in [0.29, 0.717) is 11.9 Å². The molecule has 1 saturated carbocycles. The van der Waals surface area contributed by atoms with Crippen LogP contribution in [0.3, 0.4) is 0 Å². The third kappa shape index (κ3) is 3.47. The molecule has 104 valence electrons. The quantitative estimate of drug-likeness (QED) is 0.566. The Morgan fingerprint density at radius 1 is 1.00 bits per heavy atom. The molecular weight excluding hydrogens is 229 g/mol. The van der Waals surface area contributed by atoms with Gasteiger partial charge in [0.25, 0.3) is 0 Å². The SMILES string of the molecule is COB(OC)[C@@H]1CCCCC[C@H]1N1CCOCC1. The van der Waals surface area contributed by atoms with Crippen molar-refractivity contribution in [2.24, 2.45) is 0 Å². The van der Waals surface area contributed by atoms with Crippen LogP contribution in [-0.4, -0.2) is 58.6 Å². The van der Waals surface area contributed by atoms with Gasteiger partial charge in [0.05, 0.1) is 13.2 Å². The number of hydrogen-bond acceptors (Lipinski definition) is 4. The molecular formula is C13H26BNO3. The molecule has 0 aromatic heterocycles. The monoisotopic (exact) mass is 255 g/mol. The summed E-state index contributed by atoms with van der Waals surface area (Å²) in [5.41, 5.74) is 0. The smallest absolute Gasteiger partial charge is 0.414 e. The van der Waals surface area contributed by atoms with Gasteiger partial charge in [0.1, 0.15) is 0 Å². The summed E-state index contributed by atoms with van der Waals surface area (Å²) >= 11 is 0. The minimum absolute atomic E-state index is 0.0593. The number of morpholine rings is 1. The average Bonchev–Trinajstić information content (AvgIpc) is 2.67. The molecule has 1 aliphatic carbocycles. The van der Waals surface area contributed by atoms with Crippen LogP contribution in [0.2, 0.25) is 5.82 Å². The average molecular weight is 255 g/mol. The van der Waals surface area contributed by atoms with Gasteiger partial charge >= 0.3 is 7.12 Å². The van der Waals surface area contributed by atoms with Crippen molar-refractivity contribution in [3.8, 4) is 0 Å². The summed E-state index contributed by atoms with van der Waals surface area (Å²) in [5.74, 6) is 0.501. The van der Waals surface area contributed by atoms with E-state index in [9.17, 15) is 0 Å². The molecule has 1 heterocycles. The van der Waals surface area contributed by atoms with E-state index in [4.69, 9.17) is 14.0 Å². The van der Waals surface area contributed by atoms with Gasteiger partial charge in [0.15, 0.2) is 0 Å². The van der Waals surface area contributed by atoms with Gasteiger partial charge in [0.2, 0.25) is 0 Å². The Bertz CT molecular complexity index is 232. The number of hydrogen-bond donors (Lipinski definition) is 0. The van der Waals surface area contributed by atoms with Crippen molar-refractivity contribution in [1.82, 2.24) is 4.90 Å². The van der Waals surface area contributed by atoms with Crippen molar-refractivity contribution in [3.05, 3.63) is 0 Å². The lowest BCUT2D eigenvalue weighted by Gasteiger charge is -2.39. The summed E-state index contributed by atoms with van der Waals surface area (Å²) in [6.07, 6.45) is 6.47. The van der Waals surface area contributed by atoms with Gasteiger partial charge in [-0.05, 0) is 6.42 Å². The lowest BCUT2D eigenvalue weighted by molar-refractivity contribution is 0.0108. The zero-order valence-corrected chi connectivity index (χ0v) is 11.8. The summed E-state index contributed by atoms with van der Waals surface area (Å²) < 4.78 is 16.5. The van der Waals surface area contributed by atoms with Gasteiger partial charge in [-0.15, -0.1) is 0 Å². The maximum Gasteiger partial charge on any atom is 0.461 e. The van der Waals surface area contributed by atoms with E-state index in [1.165, 1.54) is 32.1 Å². The van der Waals surface area contributed by atoms with E-state index in [0.717, 1.165) is 26.3 Å². The van der Waals surface area contributed by atoms with Crippen LogP contribution < -0.4 is 0 Å². The first-order valence-electron chi connectivity index (χ1n) is 7.24. The summed E-state index contributed by atoms with van der Waals surface area (Å²) in [6.45, 7) is 3.85. The highest BCUT2D eigenvalue weighted by Gasteiger charge is 2.38. The standard InChI is InChI=1S/C13H26BNO3/c1-16-14(17-2)12-6-4-3-5-7-13(12)15-8-10-18-11-9-15/h12-13H,3-11H2,1-2H3/t12-,13-/m1/s1. The molecule has 0 spiro atoms. The first-order valence-corrected chi connectivity index (χ1v) is 7.24. The van der Waals surface area contributed by atoms with E-state index < -0.39 is 0 Å². The van der Waals surface area contributed by atoms with Crippen LogP contribution in [0.1, 0.15) is 32.1 Å². The minimum atomic E-state index is -0.0593. The highest BCUT2D eigenvalue weighted by molar-refractivity contribution is 6.46. The van der Waals surface area contributed by atoms with Gasteiger partial charge in [-0.25, -0.2) is 0 Å². The Morgan fingerprint density at radius 2 is 1.67 bits per heavy atom. The van der Waals surface area contributed by atoms with E-state index in [-0.39, 0.29) is 7.12 Å². The second kappa shape index (κ2) is 7.48. The summed E-state index contributed by atoms with van der Waals surface area (Å²) in [5, 5.41) is 0. The first kappa shape index (κ1) is 14.3. The van der Waals surface area contributed by atoms with Gasteiger partial charge in [-0.1, -0.05) is 25.7 Å². The molecule has 0 N–H and O–H groups in total. The van der Waals surface area contributed by atoms with E-state index in [1.54, 1.807) is 14.2 Å². The maximum absolute atomic E-state index is 5.54. The zero-order chi connectivity index (χ0) is 12.8. The molecule has 0 bridgehead atoms. The Kier molecular flexibility index (Phi) is 5.95. The molecule has 0 unspecified atom stereocenters. The van der Waals surface area contributed by atoms with Crippen molar-refractivity contribution in [2.75, 3.05) is 40.5 Å². The normalized spacial score (nSPS) is 31.0. The predicted octanol–water partition coefficient (Wildman–Crippen LogP) is 1.80. The van der Waals surface area contributed by atoms with Crippen molar-refractivity contribution in [2.45, 2.75) is 44.0 Å². The van der Waals surface area contributed by atoms with Crippen LogP contribution in [0.4, 0.5) is 0 Å². The maximum atomic E-state index is 5.54. The molecule has 2 atom stereocenters. The lowest BCUT2D eigenvalue weighted by atomic mass is 9.64. The Labute approximate surface area is 111 Å². The highest BCUT2D eigenvalue weighted by atomic mass is 16.6.